The molecule has 0 unspecified atom stereocenters. The maximum absolute atomic E-state index is 13.2. The molecule has 1 aliphatic carbocycles. The van der Waals surface area contributed by atoms with Crippen LogP contribution in [0.4, 0.5) is 17.1 Å². The zero-order valence-electron chi connectivity index (χ0n) is 14.2. The normalized spacial score (nSPS) is 12.7. The highest BCUT2D eigenvalue weighted by molar-refractivity contribution is 6.32. The Morgan fingerprint density at radius 2 is 1.23 bits per heavy atom. The van der Waals surface area contributed by atoms with Crippen LogP contribution in [-0.4, -0.2) is 11.6 Å². The summed E-state index contributed by atoms with van der Waals surface area (Å²) in [7, 11) is 0. The molecule has 128 valence electrons. The highest BCUT2D eigenvalue weighted by atomic mass is 16.1. The molecular weight excluding hydrogens is 326 g/mol. The Labute approximate surface area is 150 Å². The second kappa shape index (κ2) is 5.46. The number of carbonyl (C=O) groups is 2. The van der Waals surface area contributed by atoms with Crippen molar-refractivity contribution in [2.45, 2.75) is 6.92 Å². The molecule has 4 rings (SSSR count). The van der Waals surface area contributed by atoms with Gasteiger partial charge >= 0.3 is 0 Å². The van der Waals surface area contributed by atoms with Gasteiger partial charge in [-0.25, -0.2) is 0 Å². The van der Waals surface area contributed by atoms with E-state index < -0.39 is 0 Å². The van der Waals surface area contributed by atoms with Crippen LogP contribution in [0.1, 0.15) is 37.4 Å². The predicted octanol–water partition coefficient (Wildman–Crippen LogP) is 3.18. The summed E-state index contributed by atoms with van der Waals surface area (Å²) in [5, 5.41) is 0. The van der Waals surface area contributed by atoms with Crippen molar-refractivity contribution in [2.24, 2.45) is 0 Å². The minimum absolute atomic E-state index is 0.137. The highest BCUT2D eigenvalue weighted by Crippen LogP contribution is 2.41. The molecule has 0 amide bonds. The monoisotopic (exact) mass is 343 g/mol. The van der Waals surface area contributed by atoms with Gasteiger partial charge < -0.3 is 17.2 Å². The lowest BCUT2D eigenvalue weighted by Gasteiger charge is -2.23. The second-order valence-electron chi connectivity index (χ2n) is 6.40. The van der Waals surface area contributed by atoms with Gasteiger partial charge in [-0.15, -0.1) is 0 Å². The van der Waals surface area contributed by atoms with E-state index in [4.69, 9.17) is 17.2 Å². The van der Waals surface area contributed by atoms with Crippen molar-refractivity contribution in [1.82, 2.24) is 0 Å². The minimum atomic E-state index is -0.289. The predicted molar refractivity (Wildman–Crippen MR) is 103 cm³/mol. The van der Waals surface area contributed by atoms with Crippen molar-refractivity contribution in [1.29, 1.82) is 0 Å². The summed E-state index contributed by atoms with van der Waals surface area (Å²) < 4.78 is 0. The summed E-state index contributed by atoms with van der Waals surface area (Å²) >= 11 is 0. The van der Waals surface area contributed by atoms with Gasteiger partial charge in [-0.2, -0.15) is 0 Å². The van der Waals surface area contributed by atoms with Crippen LogP contribution >= 0.6 is 0 Å². The van der Waals surface area contributed by atoms with Gasteiger partial charge in [0.1, 0.15) is 0 Å². The van der Waals surface area contributed by atoms with Crippen LogP contribution in [0.2, 0.25) is 0 Å². The molecule has 0 atom stereocenters. The molecular formula is C21H17N3O2. The summed E-state index contributed by atoms with van der Waals surface area (Å²) in [6.45, 7) is 1.87. The van der Waals surface area contributed by atoms with Gasteiger partial charge in [0, 0.05) is 22.4 Å². The number of rotatable bonds is 1. The number of benzene rings is 3. The summed E-state index contributed by atoms with van der Waals surface area (Å²) in [5.74, 6) is -0.526. The summed E-state index contributed by atoms with van der Waals surface area (Å²) in [6.07, 6.45) is 0. The number of anilines is 3. The number of carbonyl (C=O) groups excluding carboxylic acids is 2. The third-order valence-corrected chi connectivity index (χ3v) is 4.94. The smallest absolute Gasteiger partial charge is 0.196 e. The van der Waals surface area contributed by atoms with Gasteiger partial charge in [-0.1, -0.05) is 36.4 Å². The molecule has 5 nitrogen and oxygen atoms in total. The SMILES string of the molecule is Cc1c(N)cccc1-c1cc(N)c(N)c2c1C(=O)c1ccccc1C2=O. The van der Waals surface area contributed by atoms with E-state index in [0.717, 1.165) is 11.1 Å². The first-order chi connectivity index (χ1) is 12.4. The molecule has 3 aromatic rings. The van der Waals surface area contributed by atoms with Crippen molar-refractivity contribution >= 4 is 28.6 Å². The Morgan fingerprint density at radius 1 is 0.654 bits per heavy atom. The zero-order valence-corrected chi connectivity index (χ0v) is 14.2. The highest BCUT2D eigenvalue weighted by Gasteiger charge is 2.34. The van der Waals surface area contributed by atoms with E-state index in [9.17, 15) is 9.59 Å². The fourth-order valence-electron chi connectivity index (χ4n) is 3.50. The van der Waals surface area contributed by atoms with E-state index in [1.54, 1.807) is 42.5 Å². The maximum atomic E-state index is 13.2. The topological polar surface area (TPSA) is 112 Å². The molecule has 6 N–H and O–H groups in total. The van der Waals surface area contributed by atoms with Crippen molar-refractivity contribution < 1.29 is 9.59 Å². The van der Waals surface area contributed by atoms with Crippen LogP contribution in [0.3, 0.4) is 0 Å². The first-order valence-corrected chi connectivity index (χ1v) is 8.17. The number of nitrogens with two attached hydrogens (primary N) is 3. The first kappa shape index (κ1) is 15.9. The molecule has 0 heterocycles. The molecule has 0 aliphatic heterocycles. The summed E-state index contributed by atoms with van der Waals surface area (Å²) in [4.78, 5) is 26.3. The van der Waals surface area contributed by atoms with Gasteiger partial charge in [0.15, 0.2) is 11.6 Å². The first-order valence-electron chi connectivity index (χ1n) is 8.17. The van der Waals surface area contributed by atoms with E-state index in [2.05, 4.69) is 0 Å². The van der Waals surface area contributed by atoms with Gasteiger partial charge in [0.25, 0.3) is 0 Å². The molecule has 0 fully saturated rings. The van der Waals surface area contributed by atoms with Gasteiger partial charge in [0.2, 0.25) is 0 Å². The van der Waals surface area contributed by atoms with Gasteiger partial charge in [-0.3, -0.25) is 9.59 Å². The van der Waals surface area contributed by atoms with Gasteiger partial charge in [-0.05, 0) is 35.7 Å². The number of hydrogen-bond acceptors (Lipinski definition) is 5. The number of fused-ring (bicyclic) bond motifs is 2. The van der Waals surface area contributed by atoms with Crippen molar-refractivity contribution in [3.8, 4) is 11.1 Å². The molecule has 1 aliphatic rings. The molecule has 0 saturated heterocycles. The van der Waals surface area contributed by atoms with Crippen LogP contribution in [0, 0.1) is 6.92 Å². The third-order valence-electron chi connectivity index (χ3n) is 4.94. The quantitative estimate of drug-likeness (QED) is 0.460. The lowest BCUT2D eigenvalue weighted by molar-refractivity contribution is 0.0980. The molecule has 0 spiro atoms. The Hall–Kier alpha value is -3.60. The minimum Gasteiger partial charge on any atom is -0.398 e. The lowest BCUT2D eigenvalue weighted by atomic mass is 9.78. The average Bonchev–Trinajstić information content (AvgIpc) is 2.64. The molecule has 5 heteroatoms. The molecule has 0 saturated carbocycles. The average molecular weight is 343 g/mol. The lowest BCUT2D eigenvalue weighted by Crippen LogP contribution is -2.24. The van der Waals surface area contributed by atoms with Crippen LogP contribution in [0.5, 0.6) is 0 Å². The van der Waals surface area contributed by atoms with Crippen molar-refractivity contribution in [2.75, 3.05) is 17.2 Å². The zero-order chi connectivity index (χ0) is 18.6. The third kappa shape index (κ3) is 2.04. The summed E-state index contributed by atoms with van der Waals surface area (Å²) in [5.41, 5.74) is 22.5. The molecule has 3 aromatic carbocycles. The van der Waals surface area contributed by atoms with E-state index in [0.29, 0.717) is 22.4 Å². The van der Waals surface area contributed by atoms with E-state index in [-0.39, 0.29) is 34.1 Å². The molecule has 0 radical (unpaired) electrons. The van der Waals surface area contributed by atoms with Crippen LogP contribution in [0.15, 0.2) is 48.5 Å². The van der Waals surface area contributed by atoms with Crippen LogP contribution in [-0.2, 0) is 0 Å². The van der Waals surface area contributed by atoms with E-state index in [1.807, 2.05) is 13.0 Å². The number of ketones is 2. The standard InChI is InChI=1S/C21H17N3O2/c1-10-11(7-4-8-15(10)22)14-9-16(23)19(24)18-17(14)20(25)12-5-2-3-6-13(12)21(18)26/h2-9H,22-24H2,1H3. The Morgan fingerprint density at radius 3 is 1.88 bits per heavy atom. The van der Waals surface area contributed by atoms with E-state index in [1.165, 1.54) is 0 Å². The van der Waals surface area contributed by atoms with Crippen LogP contribution < -0.4 is 17.2 Å². The summed E-state index contributed by atoms with van der Waals surface area (Å²) in [6, 6.07) is 13.8. The van der Waals surface area contributed by atoms with Crippen molar-refractivity contribution in [3.63, 3.8) is 0 Å². The van der Waals surface area contributed by atoms with Crippen molar-refractivity contribution in [3.05, 3.63) is 76.3 Å². The molecule has 26 heavy (non-hydrogen) atoms. The number of nitrogen functional groups attached to an aromatic ring is 3. The Balaban J connectivity index is 2.12. The largest absolute Gasteiger partial charge is 0.398 e. The Bertz CT molecular complexity index is 1120. The van der Waals surface area contributed by atoms with Gasteiger partial charge in [0.05, 0.1) is 16.9 Å². The Kier molecular flexibility index (Phi) is 3.34. The molecule has 0 aromatic heterocycles. The number of hydrogen-bond donors (Lipinski definition) is 3. The fourth-order valence-corrected chi connectivity index (χ4v) is 3.50. The van der Waals surface area contributed by atoms with E-state index >= 15 is 0 Å². The maximum Gasteiger partial charge on any atom is 0.196 e. The van der Waals surface area contributed by atoms with Crippen LogP contribution in [0.25, 0.3) is 11.1 Å². The fraction of sp³-hybridized carbons (Fsp3) is 0.0476. The second-order valence-corrected chi connectivity index (χ2v) is 6.40. The molecule has 0 bridgehead atoms.